The molecule has 2 bridgehead atoms. The quantitative estimate of drug-likeness (QED) is 0.348. The molecule has 0 unspecified atom stereocenters. The molecule has 5 aliphatic rings. The zero-order chi connectivity index (χ0) is 35.3. The van der Waals surface area contributed by atoms with Gasteiger partial charge in [-0.25, -0.2) is 17.5 Å². The summed E-state index contributed by atoms with van der Waals surface area (Å²) >= 11 is 6.47. The first-order valence-corrected chi connectivity index (χ1v) is 20.0. The molecule has 0 aromatic heterocycles. The molecular formula is C39H49ClFN3O5S. The number of carbonyl (C=O) groups is 1. The summed E-state index contributed by atoms with van der Waals surface area (Å²) in [6, 6.07) is 11.5. The molecule has 50 heavy (non-hydrogen) atoms. The van der Waals surface area contributed by atoms with Crippen LogP contribution in [0.2, 0.25) is 5.02 Å². The molecule has 0 saturated heterocycles. The molecule has 2 aromatic rings. The lowest BCUT2D eigenvalue weighted by Gasteiger charge is -2.52. The molecule has 1 spiro atoms. The van der Waals surface area contributed by atoms with E-state index in [0.29, 0.717) is 44.8 Å². The minimum absolute atomic E-state index is 0.115. The number of anilines is 1. The molecule has 3 aliphatic heterocycles. The third kappa shape index (κ3) is 6.73. The van der Waals surface area contributed by atoms with Crippen molar-refractivity contribution in [2.75, 3.05) is 51.3 Å². The SMILES string of the molecule is CO[C@@]1(CN2CCC=C(F)C2)/C=C\C[C@H](C)[C@@H](C)S(=O)(=O)NC(=O)c2ccc3c(c2)N(C[C@@H]2CC[C@H]21)C[C@@]1(CCCc2cc(Cl)ccc21)CO3. The van der Waals surface area contributed by atoms with E-state index < -0.39 is 26.8 Å². The van der Waals surface area contributed by atoms with Crippen molar-refractivity contribution in [1.82, 2.24) is 9.62 Å². The van der Waals surface area contributed by atoms with E-state index in [0.717, 1.165) is 49.4 Å². The lowest BCUT2D eigenvalue weighted by molar-refractivity contribution is -0.0913. The van der Waals surface area contributed by atoms with Gasteiger partial charge in [0, 0.05) is 49.3 Å². The number of nitrogens with zero attached hydrogens (tertiary/aromatic N) is 2. The maximum atomic E-state index is 14.5. The Labute approximate surface area is 301 Å². The van der Waals surface area contributed by atoms with Gasteiger partial charge in [-0.05, 0) is 111 Å². The van der Waals surface area contributed by atoms with Crippen LogP contribution in [0.15, 0.2) is 60.5 Å². The normalized spacial score (nSPS) is 33.5. The maximum absolute atomic E-state index is 14.5. The average Bonchev–Trinajstić information content (AvgIpc) is 3.22. The van der Waals surface area contributed by atoms with E-state index in [1.165, 1.54) is 11.1 Å². The van der Waals surface area contributed by atoms with Gasteiger partial charge in [0.2, 0.25) is 10.0 Å². The Bertz CT molecular complexity index is 1800. The van der Waals surface area contributed by atoms with Crippen LogP contribution in [0.4, 0.5) is 10.1 Å². The van der Waals surface area contributed by atoms with Crippen molar-refractivity contribution in [2.45, 2.75) is 75.1 Å². The second-order valence-electron chi connectivity index (χ2n) is 15.3. The molecule has 270 valence electrons. The molecule has 3 heterocycles. The standard InChI is InChI=1S/C39H49ClFN3O5S/c1-26-7-4-17-39(48-3,24-43-18-6-9-32(41)22-43)34-13-10-30(34)21-44-23-38(16-5-8-28-19-31(40)12-14-33(28)38)25-49-36-15-11-29(20-35(36)44)37(45)42-50(46,47)27(26)2/h4,9,11-12,14-15,17,19-20,26-27,30,34H,5-8,10,13,16,18,21-25H2,1-3H3,(H,42,45)/b17-4-/t26-,27+,30-,34+,38-,39+/m0/s1. The summed E-state index contributed by atoms with van der Waals surface area (Å²) in [5.41, 5.74) is 2.57. The molecule has 1 amide bonds. The maximum Gasteiger partial charge on any atom is 0.264 e. The van der Waals surface area contributed by atoms with Gasteiger partial charge in [-0.2, -0.15) is 0 Å². The van der Waals surface area contributed by atoms with Gasteiger partial charge in [0.25, 0.3) is 5.91 Å². The van der Waals surface area contributed by atoms with Gasteiger partial charge in [-0.3, -0.25) is 9.69 Å². The third-order valence-corrected chi connectivity index (χ3v) is 14.4. The second-order valence-corrected chi connectivity index (χ2v) is 17.8. The van der Waals surface area contributed by atoms with Crippen LogP contribution in [0.3, 0.4) is 0 Å². The first-order valence-electron chi connectivity index (χ1n) is 18.1. The Hall–Kier alpha value is -2.92. The number of halogens is 2. The van der Waals surface area contributed by atoms with Crippen LogP contribution in [-0.2, 0) is 26.6 Å². The van der Waals surface area contributed by atoms with Crippen LogP contribution in [0.5, 0.6) is 5.75 Å². The minimum atomic E-state index is -3.98. The van der Waals surface area contributed by atoms with Gasteiger partial charge in [0.05, 0.1) is 24.1 Å². The highest BCUT2D eigenvalue weighted by atomic mass is 35.5. The summed E-state index contributed by atoms with van der Waals surface area (Å²) < 4.78 is 57.1. The Balaban J connectivity index is 1.32. The van der Waals surface area contributed by atoms with Gasteiger partial charge >= 0.3 is 0 Å². The Morgan fingerprint density at radius 2 is 2.00 bits per heavy atom. The van der Waals surface area contributed by atoms with Gasteiger partial charge in [-0.1, -0.05) is 42.8 Å². The van der Waals surface area contributed by atoms with Crippen molar-refractivity contribution >= 4 is 33.2 Å². The number of nitrogens with one attached hydrogen (secondary N) is 1. The second kappa shape index (κ2) is 13.9. The predicted molar refractivity (Wildman–Crippen MR) is 195 cm³/mol. The van der Waals surface area contributed by atoms with Gasteiger partial charge < -0.3 is 14.4 Å². The molecular weight excluding hydrogens is 677 g/mol. The number of hydrogen-bond donors (Lipinski definition) is 1. The first kappa shape index (κ1) is 35.5. The van der Waals surface area contributed by atoms with Crippen molar-refractivity contribution in [2.24, 2.45) is 17.8 Å². The number of sulfonamides is 1. The molecule has 2 aliphatic carbocycles. The van der Waals surface area contributed by atoms with Gasteiger partial charge in [-0.15, -0.1) is 0 Å². The number of rotatable bonds is 3. The highest BCUT2D eigenvalue weighted by Gasteiger charge is 2.50. The van der Waals surface area contributed by atoms with E-state index in [4.69, 9.17) is 21.1 Å². The van der Waals surface area contributed by atoms with Gasteiger partial charge in [0.1, 0.15) is 17.2 Å². The van der Waals surface area contributed by atoms with Crippen molar-refractivity contribution < 1.29 is 27.1 Å². The highest BCUT2D eigenvalue weighted by Crippen LogP contribution is 2.49. The topological polar surface area (TPSA) is 88.2 Å². The summed E-state index contributed by atoms with van der Waals surface area (Å²) in [6.07, 6.45) is 11.9. The number of carbonyl (C=O) groups excluding carboxylic acids is 1. The van der Waals surface area contributed by atoms with Crippen LogP contribution in [-0.4, -0.2) is 76.5 Å². The lowest BCUT2D eigenvalue weighted by Crippen LogP contribution is -2.57. The molecule has 11 heteroatoms. The molecule has 2 aromatic carbocycles. The molecule has 7 rings (SSSR count). The Kier molecular flexibility index (Phi) is 9.86. The minimum Gasteiger partial charge on any atom is -0.490 e. The van der Waals surface area contributed by atoms with E-state index in [1.807, 2.05) is 25.1 Å². The number of fused-ring (bicyclic) bond motifs is 4. The Morgan fingerprint density at radius 1 is 1.16 bits per heavy atom. The molecule has 6 atom stereocenters. The van der Waals surface area contributed by atoms with Crippen LogP contribution in [0, 0.1) is 17.8 Å². The van der Waals surface area contributed by atoms with Crippen LogP contribution >= 0.6 is 11.6 Å². The van der Waals surface area contributed by atoms with E-state index in [-0.39, 0.29) is 41.1 Å². The zero-order valence-electron chi connectivity index (χ0n) is 29.3. The molecule has 1 fully saturated rings. The monoisotopic (exact) mass is 725 g/mol. The smallest absolute Gasteiger partial charge is 0.264 e. The van der Waals surface area contributed by atoms with Crippen LogP contribution < -0.4 is 14.4 Å². The summed E-state index contributed by atoms with van der Waals surface area (Å²) in [5.74, 6) is 0.0455. The summed E-state index contributed by atoms with van der Waals surface area (Å²) in [5, 5.41) is -0.0950. The predicted octanol–water partition coefficient (Wildman–Crippen LogP) is 6.83. The number of allylic oxidation sites excluding steroid dienone is 1. The van der Waals surface area contributed by atoms with E-state index >= 15 is 0 Å². The fourth-order valence-electron chi connectivity index (χ4n) is 9.05. The first-order chi connectivity index (χ1) is 23.9. The van der Waals surface area contributed by atoms with E-state index in [2.05, 4.69) is 32.7 Å². The highest BCUT2D eigenvalue weighted by molar-refractivity contribution is 7.90. The number of amides is 1. The van der Waals surface area contributed by atoms with Crippen molar-refractivity contribution in [3.05, 3.63) is 82.2 Å². The van der Waals surface area contributed by atoms with Crippen LogP contribution in [0.1, 0.15) is 73.9 Å². The van der Waals surface area contributed by atoms with Crippen LogP contribution in [0.25, 0.3) is 0 Å². The van der Waals surface area contributed by atoms with Crippen molar-refractivity contribution in [3.8, 4) is 5.75 Å². The molecule has 1 N–H and O–H groups in total. The number of hydrogen-bond acceptors (Lipinski definition) is 7. The van der Waals surface area contributed by atoms with E-state index in [9.17, 15) is 17.6 Å². The average molecular weight is 726 g/mol. The summed E-state index contributed by atoms with van der Waals surface area (Å²) in [6.45, 7) is 6.94. The number of ether oxygens (including phenoxy) is 2. The molecule has 1 saturated carbocycles. The summed E-state index contributed by atoms with van der Waals surface area (Å²) in [4.78, 5) is 18.1. The number of methoxy groups -OCH3 is 1. The molecule has 0 radical (unpaired) electrons. The number of aryl methyl sites for hydroxylation is 1. The Morgan fingerprint density at radius 3 is 2.76 bits per heavy atom. The fraction of sp³-hybridized carbons (Fsp3) is 0.564. The molecule has 8 nitrogen and oxygen atoms in total. The van der Waals surface area contributed by atoms with Gasteiger partial charge in [0.15, 0.2) is 0 Å². The van der Waals surface area contributed by atoms with Crippen molar-refractivity contribution in [1.29, 1.82) is 0 Å². The lowest BCUT2D eigenvalue weighted by atomic mass is 9.63. The fourth-order valence-corrected chi connectivity index (χ4v) is 10.5. The third-order valence-electron chi connectivity index (χ3n) is 12.3. The summed E-state index contributed by atoms with van der Waals surface area (Å²) in [7, 11) is -2.23. The van der Waals surface area contributed by atoms with Crippen molar-refractivity contribution in [3.63, 3.8) is 0 Å². The zero-order valence-corrected chi connectivity index (χ0v) is 30.9. The number of benzene rings is 2. The van der Waals surface area contributed by atoms with E-state index in [1.54, 1.807) is 32.2 Å². The largest absolute Gasteiger partial charge is 0.490 e.